The zero-order valence-corrected chi connectivity index (χ0v) is 19.4. The number of esters is 1. The number of ketones is 1. The van der Waals surface area contributed by atoms with E-state index in [9.17, 15) is 19.2 Å². The van der Waals surface area contributed by atoms with Crippen LogP contribution < -0.4 is 5.43 Å². The maximum atomic E-state index is 13.4. The molecule has 0 aliphatic heterocycles. The van der Waals surface area contributed by atoms with Crippen LogP contribution in [0.4, 0.5) is 9.59 Å². The average molecular weight is 437 g/mol. The second kappa shape index (κ2) is 9.80. The van der Waals surface area contributed by atoms with Crippen molar-refractivity contribution in [1.29, 1.82) is 0 Å². The van der Waals surface area contributed by atoms with Gasteiger partial charge in [-0.2, -0.15) is 5.01 Å². The molecule has 9 heteroatoms. The van der Waals surface area contributed by atoms with E-state index in [0.29, 0.717) is 5.01 Å². The maximum absolute atomic E-state index is 13.4. The molecule has 31 heavy (non-hydrogen) atoms. The van der Waals surface area contributed by atoms with Crippen molar-refractivity contribution in [2.75, 3.05) is 6.61 Å². The first kappa shape index (κ1) is 25.9. The summed E-state index contributed by atoms with van der Waals surface area (Å²) in [5, 5.41) is 0.527. The molecule has 0 fully saturated rings. The largest absolute Gasteiger partial charge is 0.464 e. The van der Waals surface area contributed by atoms with E-state index in [-0.39, 0.29) is 12.2 Å². The highest BCUT2D eigenvalue weighted by atomic mass is 16.6. The predicted molar refractivity (Wildman–Crippen MR) is 113 cm³/mol. The molecule has 0 aliphatic rings. The van der Waals surface area contributed by atoms with E-state index in [2.05, 4.69) is 5.43 Å². The van der Waals surface area contributed by atoms with E-state index < -0.39 is 40.7 Å². The topological polar surface area (TPSA) is 111 Å². The summed E-state index contributed by atoms with van der Waals surface area (Å²) in [6.45, 7) is 12.4. The summed E-state index contributed by atoms with van der Waals surface area (Å²) in [5.74, 6) is -1.81. The first-order valence-electron chi connectivity index (χ1n) is 9.91. The molecule has 1 aromatic rings. The fraction of sp³-hybridized carbons (Fsp3) is 0.545. The molecular weight excluding hydrogens is 404 g/mol. The van der Waals surface area contributed by atoms with Crippen LogP contribution in [0.3, 0.4) is 0 Å². The number of nitrogens with zero attached hydrogens (tertiary/aromatic N) is 1. The molecule has 0 bridgehead atoms. The molecule has 1 atom stereocenters. The molecule has 1 rings (SSSR count). The number of hydrazine groups is 1. The molecule has 0 radical (unpaired) electrons. The van der Waals surface area contributed by atoms with Crippen molar-refractivity contribution >= 4 is 23.9 Å². The van der Waals surface area contributed by atoms with Crippen molar-refractivity contribution in [3.05, 3.63) is 35.9 Å². The molecule has 0 unspecified atom stereocenters. The van der Waals surface area contributed by atoms with E-state index in [1.165, 1.54) is 19.1 Å². The second-order valence-electron chi connectivity index (χ2n) is 8.92. The molecule has 1 N–H and O–H groups in total. The SMILES string of the molecule is CCOC(=O)[C@](C)(C(=O)c1ccccc1)N(NC(=O)OC(C)(C)C)C(=O)OC(C)(C)C. The number of amides is 2. The van der Waals surface area contributed by atoms with Crippen LogP contribution in [0, 0.1) is 0 Å². The van der Waals surface area contributed by atoms with Gasteiger partial charge in [0.15, 0.2) is 0 Å². The van der Waals surface area contributed by atoms with Gasteiger partial charge in [-0.15, -0.1) is 0 Å². The van der Waals surface area contributed by atoms with Crippen molar-refractivity contribution in [3.63, 3.8) is 0 Å². The summed E-state index contributed by atoms with van der Waals surface area (Å²) in [5.41, 5.74) is -1.80. The standard InChI is InChI=1S/C22H32N2O7/c1-9-29-17(26)22(8,16(25)15-13-11-10-12-14-15)24(19(28)31-21(5,6)7)23-18(27)30-20(2,3)4/h10-14H,9H2,1-8H3,(H,23,27)/t22-/m0/s1. The highest BCUT2D eigenvalue weighted by Crippen LogP contribution is 2.25. The molecule has 2 amide bonds. The van der Waals surface area contributed by atoms with E-state index >= 15 is 0 Å². The van der Waals surface area contributed by atoms with Crippen LogP contribution in [0.5, 0.6) is 0 Å². The van der Waals surface area contributed by atoms with Crippen molar-refractivity contribution in [1.82, 2.24) is 10.4 Å². The van der Waals surface area contributed by atoms with Crippen molar-refractivity contribution in [2.45, 2.75) is 72.1 Å². The monoisotopic (exact) mass is 436 g/mol. The van der Waals surface area contributed by atoms with Crippen LogP contribution in [-0.2, 0) is 19.0 Å². The molecule has 0 heterocycles. The zero-order valence-electron chi connectivity index (χ0n) is 19.4. The Bertz CT molecular complexity index is 809. The van der Waals surface area contributed by atoms with Gasteiger partial charge in [0.05, 0.1) is 6.61 Å². The van der Waals surface area contributed by atoms with Crippen LogP contribution in [0.15, 0.2) is 30.3 Å². The Balaban J connectivity index is 3.55. The molecule has 172 valence electrons. The minimum Gasteiger partial charge on any atom is -0.464 e. The molecule has 0 saturated heterocycles. The third kappa shape index (κ3) is 7.27. The number of hydrogen-bond donors (Lipinski definition) is 1. The van der Waals surface area contributed by atoms with E-state index in [4.69, 9.17) is 14.2 Å². The average Bonchev–Trinajstić information content (AvgIpc) is 2.63. The zero-order chi connectivity index (χ0) is 24.0. The number of ether oxygens (including phenoxy) is 3. The summed E-state index contributed by atoms with van der Waals surface area (Å²) in [4.78, 5) is 51.9. The number of rotatable bonds is 5. The lowest BCUT2D eigenvalue weighted by Crippen LogP contribution is -2.67. The number of nitrogens with one attached hydrogen (secondary N) is 1. The van der Waals surface area contributed by atoms with Gasteiger partial charge in [-0.25, -0.2) is 19.8 Å². The van der Waals surface area contributed by atoms with Gasteiger partial charge in [0.25, 0.3) is 0 Å². The van der Waals surface area contributed by atoms with Crippen LogP contribution in [0.25, 0.3) is 0 Å². The first-order chi connectivity index (χ1) is 14.1. The first-order valence-corrected chi connectivity index (χ1v) is 9.91. The van der Waals surface area contributed by atoms with Gasteiger partial charge in [-0.3, -0.25) is 4.79 Å². The van der Waals surface area contributed by atoms with Crippen molar-refractivity contribution in [3.8, 4) is 0 Å². The Kier molecular flexibility index (Phi) is 8.20. The third-order valence-electron chi connectivity index (χ3n) is 3.78. The van der Waals surface area contributed by atoms with Crippen LogP contribution in [0.1, 0.15) is 65.7 Å². The fourth-order valence-corrected chi connectivity index (χ4v) is 2.47. The van der Waals surface area contributed by atoms with E-state index in [1.807, 2.05) is 0 Å². The van der Waals surface area contributed by atoms with Gasteiger partial charge in [0, 0.05) is 5.56 Å². The molecule has 0 spiro atoms. The quantitative estimate of drug-likeness (QED) is 0.245. The Labute approximate surface area is 183 Å². The number of carbonyl (C=O) groups excluding carboxylic acids is 4. The van der Waals surface area contributed by atoms with E-state index in [0.717, 1.165) is 0 Å². The van der Waals surface area contributed by atoms with Crippen molar-refractivity contribution < 1.29 is 33.4 Å². The van der Waals surface area contributed by atoms with Gasteiger partial charge in [-0.1, -0.05) is 30.3 Å². The molecule has 0 saturated carbocycles. The smallest absolute Gasteiger partial charge is 0.430 e. The van der Waals surface area contributed by atoms with Crippen LogP contribution in [0.2, 0.25) is 0 Å². The van der Waals surface area contributed by atoms with E-state index in [1.54, 1.807) is 66.7 Å². The number of Topliss-reactive ketones (excluding diaryl/α,β-unsaturated/α-hetero) is 1. The molecule has 0 aromatic heterocycles. The Morgan fingerprint density at radius 3 is 1.84 bits per heavy atom. The summed E-state index contributed by atoms with van der Waals surface area (Å²) in [6.07, 6.45) is -2.17. The fourth-order valence-electron chi connectivity index (χ4n) is 2.47. The summed E-state index contributed by atoms with van der Waals surface area (Å²) >= 11 is 0. The lowest BCUT2D eigenvalue weighted by atomic mass is 9.90. The van der Waals surface area contributed by atoms with Gasteiger partial charge < -0.3 is 14.2 Å². The Hall–Kier alpha value is -3.10. The second-order valence-corrected chi connectivity index (χ2v) is 8.92. The van der Waals surface area contributed by atoms with Gasteiger partial charge >= 0.3 is 18.2 Å². The van der Waals surface area contributed by atoms with Crippen molar-refractivity contribution in [2.24, 2.45) is 0 Å². The summed E-state index contributed by atoms with van der Waals surface area (Å²) in [6, 6.07) is 7.89. The lowest BCUT2D eigenvalue weighted by molar-refractivity contribution is -0.154. The summed E-state index contributed by atoms with van der Waals surface area (Å²) < 4.78 is 15.6. The van der Waals surface area contributed by atoms with Crippen LogP contribution >= 0.6 is 0 Å². The van der Waals surface area contributed by atoms with Gasteiger partial charge in [0.2, 0.25) is 11.3 Å². The Morgan fingerprint density at radius 1 is 0.871 bits per heavy atom. The molecule has 0 aliphatic carbocycles. The summed E-state index contributed by atoms with van der Waals surface area (Å²) in [7, 11) is 0. The third-order valence-corrected chi connectivity index (χ3v) is 3.78. The maximum Gasteiger partial charge on any atom is 0.430 e. The number of hydrogen-bond acceptors (Lipinski definition) is 7. The highest BCUT2D eigenvalue weighted by molar-refractivity contribution is 6.17. The number of benzene rings is 1. The molecular formula is C22H32N2O7. The highest BCUT2D eigenvalue weighted by Gasteiger charge is 2.53. The molecule has 9 nitrogen and oxygen atoms in total. The minimum absolute atomic E-state index is 0.0505. The molecule has 1 aromatic carbocycles. The van der Waals surface area contributed by atoms with Gasteiger partial charge in [-0.05, 0) is 55.4 Å². The normalized spacial score (nSPS) is 13.4. The Morgan fingerprint density at radius 2 is 1.39 bits per heavy atom. The minimum atomic E-state index is -2.27. The predicted octanol–water partition coefficient (Wildman–Crippen LogP) is 3.87. The lowest BCUT2D eigenvalue weighted by Gasteiger charge is -2.38. The van der Waals surface area contributed by atoms with Crippen LogP contribution in [-0.4, -0.2) is 52.3 Å². The van der Waals surface area contributed by atoms with Gasteiger partial charge in [0.1, 0.15) is 11.2 Å². The number of carbonyl (C=O) groups is 4.